The van der Waals surface area contributed by atoms with Crippen molar-refractivity contribution >= 4 is 39.1 Å². The summed E-state index contributed by atoms with van der Waals surface area (Å²) >= 11 is 5.84. The van der Waals surface area contributed by atoms with Crippen molar-refractivity contribution in [2.75, 3.05) is 17.4 Å². The van der Waals surface area contributed by atoms with Gasteiger partial charge in [-0.15, -0.1) is 0 Å². The van der Waals surface area contributed by atoms with Crippen molar-refractivity contribution < 1.29 is 31.2 Å². The van der Waals surface area contributed by atoms with E-state index in [0.717, 1.165) is 49.8 Å². The van der Waals surface area contributed by atoms with Gasteiger partial charge in [0.1, 0.15) is 12.6 Å². The molecule has 1 saturated carbocycles. The summed E-state index contributed by atoms with van der Waals surface area (Å²) in [5.74, 6) is -1.06. The molecule has 0 saturated heterocycles. The lowest BCUT2D eigenvalue weighted by atomic mass is 9.95. The van der Waals surface area contributed by atoms with Gasteiger partial charge in [0.25, 0.3) is 10.0 Å². The summed E-state index contributed by atoms with van der Waals surface area (Å²) in [7, 11) is -4.53. The Kier molecular flexibility index (Phi) is 11.5. The first kappa shape index (κ1) is 34.3. The third kappa shape index (κ3) is 8.79. The van der Waals surface area contributed by atoms with E-state index in [1.54, 1.807) is 13.0 Å². The van der Waals surface area contributed by atoms with Crippen LogP contribution in [0.2, 0.25) is 5.02 Å². The zero-order chi connectivity index (χ0) is 32.6. The molecule has 1 atom stereocenters. The minimum atomic E-state index is -4.87. The van der Waals surface area contributed by atoms with Crippen LogP contribution in [0.4, 0.5) is 18.9 Å². The molecule has 3 aromatic rings. The Hall–Kier alpha value is -3.57. The maximum atomic E-state index is 14.2. The number of hydrogen-bond acceptors (Lipinski definition) is 4. The highest BCUT2D eigenvalue weighted by Crippen LogP contribution is 2.38. The Morgan fingerprint density at radius 2 is 1.58 bits per heavy atom. The number of sulfonamides is 1. The lowest BCUT2D eigenvalue weighted by Gasteiger charge is -2.34. The summed E-state index contributed by atoms with van der Waals surface area (Å²) in [6, 6.07) is 18.2. The van der Waals surface area contributed by atoms with Gasteiger partial charge < -0.3 is 10.2 Å². The number of carbonyl (C=O) groups excluding carboxylic acids is 2. The number of nitrogens with one attached hydrogen (secondary N) is 1. The van der Waals surface area contributed by atoms with E-state index in [-0.39, 0.29) is 35.5 Å². The number of benzene rings is 3. The zero-order valence-electron chi connectivity index (χ0n) is 25.0. The molecule has 0 radical (unpaired) electrons. The molecule has 1 N–H and O–H groups in total. The van der Waals surface area contributed by atoms with Gasteiger partial charge in [-0.25, -0.2) is 8.42 Å². The Labute approximate surface area is 267 Å². The first-order chi connectivity index (χ1) is 21.4. The van der Waals surface area contributed by atoms with Crippen molar-refractivity contribution in [3.8, 4) is 0 Å². The summed E-state index contributed by atoms with van der Waals surface area (Å²) in [6.45, 7) is 1.02. The molecule has 1 fully saturated rings. The quantitative estimate of drug-likeness (QED) is 0.230. The molecule has 45 heavy (non-hydrogen) atoms. The topological polar surface area (TPSA) is 86.8 Å². The minimum absolute atomic E-state index is 0.0174. The van der Waals surface area contributed by atoms with Crippen molar-refractivity contribution in [3.63, 3.8) is 0 Å². The Morgan fingerprint density at radius 3 is 2.18 bits per heavy atom. The second kappa shape index (κ2) is 15.1. The normalized spacial score (nSPS) is 14.9. The van der Waals surface area contributed by atoms with E-state index < -0.39 is 45.3 Å². The van der Waals surface area contributed by atoms with E-state index in [2.05, 4.69) is 5.32 Å². The van der Waals surface area contributed by atoms with Crippen molar-refractivity contribution in [2.45, 2.75) is 75.0 Å². The highest BCUT2D eigenvalue weighted by molar-refractivity contribution is 7.92. The molecule has 7 nitrogen and oxygen atoms in total. The fraction of sp³-hybridized carbons (Fsp3) is 0.394. The molecule has 1 aliphatic carbocycles. The van der Waals surface area contributed by atoms with Gasteiger partial charge in [0, 0.05) is 12.6 Å². The van der Waals surface area contributed by atoms with E-state index in [1.165, 1.54) is 29.2 Å². The number of anilines is 1. The van der Waals surface area contributed by atoms with Crippen molar-refractivity contribution in [3.05, 3.63) is 95.0 Å². The second-order valence-corrected chi connectivity index (χ2v) is 13.3. The molecule has 0 spiro atoms. The van der Waals surface area contributed by atoms with Crippen LogP contribution in [-0.4, -0.2) is 50.3 Å². The molecular weight excluding hydrogens is 627 g/mol. The fourth-order valence-electron chi connectivity index (χ4n) is 5.57. The van der Waals surface area contributed by atoms with E-state index >= 15 is 0 Å². The molecule has 2 amide bonds. The molecule has 1 aliphatic rings. The summed E-state index contributed by atoms with van der Waals surface area (Å²) < 4.78 is 70.0. The van der Waals surface area contributed by atoms with Crippen LogP contribution in [0.25, 0.3) is 0 Å². The van der Waals surface area contributed by atoms with Gasteiger partial charge >= 0.3 is 6.18 Å². The predicted octanol–water partition coefficient (Wildman–Crippen LogP) is 6.85. The van der Waals surface area contributed by atoms with Gasteiger partial charge in [0.15, 0.2) is 0 Å². The van der Waals surface area contributed by atoms with Gasteiger partial charge in [-0.2, -0.15) is 13.2 Å². The van der Waals surface area contributed by atoms with Crippen LogP contribution in [0.15, 0.2) is 83.8 Å². The van der Waals surface area contributed by atoms with Crippen molar-refractivity contribution in [1.29, 1.82) is 0 Å². The van der Waals surface area contributed by atoms with Crippen LogP contribution in [-0.2, 0) is 32.2 Å². The molecule has 12 heteroatoms. The molecule has 0 unspecified atom stereocenters. The zero-order valence-corrected chi connectivity index (χ0v) is 26.5. The molecule has 0 aromatic heterocycles. The van der Waals surface area contributed by atoms with E-state index in [9.17, 15) is 31.2 Å². The third-order valence-electron chi connectivity index (χ3n) is 7.98. The van der Waals surface area contributed by atoms with Gasteiger partial charge in [-0.3, -0.25) is 13.9 Å². The SMILES string of the molecule is CC[C@@H](C(=O)NC1CCCCC1)N(CCc1ccccc1)C(=O)CN(c1ccc(Cl)c(C(F)(F)F)c1)S(=O)(=O)c1ccccc1. The number of halogens is 4. The standard InChI is InChI=1S/C33H37ClF3N3O4S/c1-2-30(32(42)38-25-14-8-4-9-15-25)39(21-20-24-12-6-3-7-13-24)31(41)23-40(45(43,44)27-16-10-5-11-17-27)26-18-19-29(34)28(22-26)33(35,36)37/h3,5-7,10-13,16-19,22,25,30H,2,4,8-9,14-15,20-21,23H2,1H3,(H,38,42)/t30-/m0/s1. The summed E-state index contributed by atoms with van der Waals surface area (Å²) in [6.07, 6.45) is 0.511. The van der Waals surface area contributed by atoms with Gasteiger partial charge in [-0.1, -0.05) is 86.3 Å². The van der Waals surface area contributed by atoms with Crippen molar-refractivity contribution in [1.82, 2.24) is 10.2 Å². The van der Waals surface area contributed by atoms with E-state index in [1.807, 2.05) is 30.3 Å². The number of nitrogens with zero attached hydrogens (tertiary/aromatic N) is 2. The maximum Gasteiger partial charge on any atom is 0.417 e. The first-order valence-corrected chi connectivity index (χ1v) is 16.8. The average molecular weight is 664 g/mol. The summed E-state index contributed by atoms with van der Waals surface area (Å²) in [4.78, 5) is 28.9. The lowest BCUT2D eigenvalue weighted by Crippen LogP contribution is -2.54. The Balaban J connectivity index is 1.72. The Morgan fingerprint density at radius 1 is 0.956 bits per heavy atom. The van der Waals surface area contributed by atoms with Crippen LogP contribution in [0, 0.1) is 0 Å². The van der Waals surface area contributed by atoms with Crippen LogP contribution in [0.5, 0.6) is 0 Å². The predicted molar refractivity (Wildman–Crippen MR) is 168 cm³/mol. The average Bonchev–Trinajstić information content (AvgIpc) is 3.03. The smallest absolute Gasteiger partial charge is 0.352 e. The second-order valence-electron chi connectivity index (χ2n) is 11.1. The monoisotopic (exact) mass is 663 g/mol. The molecule has 0 aliphatic heterocycles. The Bertz CT molecular complexity index is 1550. The number of alkyl halides is 3. The highest BCUT2D eigenvalue weighted by atomic mass is 35.5. The number of carbonyl (C=O) groups is 2. The van der Waals surface area contributed by atoms with Crippen LogP contribution >= 0.6 is 11.6 Å². The number of amides is 2. The molecule has 3 aromatic carbocycles. The van der Waals surface area contributed by atoms with Gasteiger partial charge in [0.05, 0.1) is 21.2 Å². The van der Waals surface area contributed by atoms with E-state index in [4.69, 9.17) is 11.6 Å². The first-order valence-electron chi connectivity index (χ1n) is 15.0. The van der Waals surface area contributed by atoms with Crippen molar-refractivity contribution in [2.24, 2.45) is 0 Å². The third-order valence-corrected chi connectivity index (χ3v) is 10.1. The van der Waals surface area contributed by atoms with Crippen LogP contribution in [0.3, 0.4) is 0 Å². The van der Waals surface area contributed by atoms with Crippen LogP contribution in [0.1, 0.15) is 56.6 Å². The largest absolute Gasteiger partial charge is 0.417 e. The molecular formula is C33H37ClF3N3O4S. The summed E-state index contributed by atoms with van der Waals surface area (Å²) in [5.41, 5.74) is -0.715. The fourth-order valence-corrected chi connectivity index (χ4v) is 7.23. The number of hydrogen-bond donors (Lipinski definition) is 1. The maximum absolute atomic E-state index is 14.2. The highest BCUT2D eigenvalue weighted by Gasteiger charge is 2.37. The molecule has 0 heterocycles. The van der Waals surface area contributed by atoms with Gasteiger partial charge in [0.2, 0.25) is 11.8 Å². The van der Waals surface area contributed by atoms with E-state index in [0.29, 0.717) is 16.8 Å². The molecule has 0 bridgehead atoms. The number of rotatable bonds is 12. The van der Waals surface area contributed by atoms with Crippen LogP contribution < -0.4 is 9.62 Å². The summed E-state index contributed by atoms with van der Waals surface area (Å²) in [5, 5.41) is 2.46. The lowest BCUT2D eigenvalue weighted by molar-refractivity contribution is -0.140. The molecule has 242 valence electrons. The minimum Gasteiger partial charge on any atom is -0.352 e. The van der Waals surface area contributed by atoms with Gasteiger partial charge in [-0.05, 0) is 61.6 Å². The molecule has 4 rings (SSSR count).